The fourth-order valence-electron chi connectivity index (χ4n) is 3.51. The molecule has 206 valence electrons. The second-order valence-electron chi connectivity index (χ2n) is 10.7. The molecule has 0 fully saturated rings. The number of likely N-dealkylation sites (N-methyl/N-ethyl adjacent to an activating group) is 1. The Morgan fingerprint density at radius 2 is 1.29 bits per heavy atom. The molecule has 0 aliphatic rings. The van der Waals surface area contributed by atoms with Crippen molar-refractivity contribution in [2.24, 2.45) is 0 Å². The molecule has 3 atom stereocenters. The molecular weight excluding hydrogens is 457 g/mol. The second kappa shape index (κ2) is 19.1. The van der Waals surface area contributed by atoms with Crippen LogP contribution in [-0.2, 0) is 18.3 Å². The molecule has 0 saturated carbocycles. The molecular formula is C25H55NO7P+. The van der Waals surface area contributed by atoms with Crippen molar-refractivity contribution in [3.63, 3.8) is 0 Å². The van der Waals surface area contributed by atoms with Crippen LogP contribution in [0.4, 0.5) is 0 Å². The number of phosphoric ester groups is 1. The Balaban J connectivity index is 3.73. The van der Waals surface area contributed by atoms with Crippen molar-refractivity contribution in [2.75, 3.05) is 47.5 Å². The van der Waals surface area contributed by atoms with E-state index in [4.69, 9.17) is 13.8 Å². The molecule has 0 bridgehead atoms. The zero-order chi connectivity index (χ0) is 25.9. The number of unbranched alkanes of at least 4 members (excludes halogenated alkanes) is 12. The number of quaternary nitrogens is 1. The molecule has 0 aromatic carbocycles. The van der Waals surface area contributed by atoms with Gasteiger partial charge >= 0.3 is 7.82 Å². The third-order valence-corrected chi connectivity index (χ3v) is 6.76. The van der Waals surface area contributed by atoms with E-state index >= 15 is 0 Å². The van der Waals surface area contributed by atoms with Gasteiger partial charge in [-0.3, -0.25) is 9.05 Å². The third-order valence-electron chi connectivity index (χ3n) is 5.78. The predicted octanol–water partition coefficient (Wildman–Crippen LogP) is 5.39. The highest BCUT2D eigenvalue weighted by Crippen LogP contribution is 2.43. The van der Waals surface area contributed by atoms with Crippen molar-refractivity contribution < 1.29 is 37.9 Å². The summed E-state index contributed by atoms with van der Waals surface area (Å²) in [6.45, 7) is 3.84. The maximum absolute atomic E-state index is 11.9. The quantitative estimate of drug-likeness (QED) is 0.0689. The maximum Gasteiger partial charge on any atom is 0.472 e. The normalized spacial score (nSPS) is 16.8. The largest absolute Gasteiger partial charge is 0.472 e. The summed E-state index contributed by atoms with van der Waals surface area (Å²) in [5, 5.41) is 20.3. The molecule has 0 heterocycles. The highest BCUT2D eigenvalue weighted by atomic mass is 31.2. The Morgan fingerprint density at radius 1 is 0.824 bits per heavy atom. The number of ether oxygens (including phenoxy) is 1. The van der Waals surface area contributed by atoms with Crippen molar-refractivity contribution >= 4 is 7.82 Å². The monoisotopic (exact) mass is 512 g/mol. The molecule has 0 aliphatic carbocycles. The van der Waals surface area contributed by atoms with Gasteiger partial charge in [-0.25, -0.2) is 4.57 Å². The molecule has 0 aromatic heterocycles. The molecule has 0 radical (unpaired) electrons. The molecule has 3 N–H and O–H groups in total. The lowest BCUT2D eigenvalue weighted by Crippen LogP contribution is -2.37. The molecule has 9 heteroatoms. The number of hydrogen-bond acceptors (Lipinski definition) is 6. The van der Waals surface area contributed by atoms with Gasteiger partial charge < -0.3 is 24.3 Å². The van der Waals surface area contributed by atoms with E-state index in [2.05, 4.69) is 6.92 Å². The predicted molar refractivity (Wildman–Crippen MR) is 138 cm³/mol. The van der Waals surface area contributed by atoms with Gasteiger partial charge in [0, 0.05) is 6.42 Å². The van der Waals surface area contributed by atoms with Crippen LogP contribution in [0.1, 0.15) is 104 Å². The van der Waals surface area contributed by atoms with Crippen LogP contribution in [0.15, 0.2) is 0 Å². The fourth-order valence-corrected chi connectivity index (χ4v) is 4.26. The van der Waals surface area contributed by atoms with Gasteiger partial charge in [0.05, 0.1) is 34.4 Å². The second-order valence-corrected chi connectivity index (χ2v) is 12.2. The van der Waals surface area contributed by atoms with Crippen LogP contribution in [0.3, 0.4) is 0 Å². The standard InChI is InChI=1S/C25H54NO7P/c1-6-7-8-9-10-11-12-13-14-15-16-17-18-19-25(2,28)31-22-24(27)23-33-34(29,30)32-21-20-26(3,4)5/h24,27-28H,6-23H2,1-5H3/p+1/t24-,25?/m1/s1. The van der Waals surface area contributed by atoms with Crippen molar-refractivity contribution in [1.82, 2.24) is 0 Å². The number of nitrogens with zero attached hydrogens (tertiary/aromatic N) is 1. The maximum atomic E-state index is 11.9. The number of hydrogen-bond donors (Lipinski definition) is 3. The summed E-state index contributed by atoms with van der Waals surface area (Å²) in [7, 11) is 1.60. The van der Waals surface area contributed by atoms with Crippen molar-refractivity contribution in [2.45, 2.75) is 116 Å². The summed E-state index contributed by atoms with van der Waals surface area (Å²) in [5.74, 6) is -1.34. The van der Waals surface area contributed by atoms with Crippen LogP contribution < -0.4 is 0 Å². The van der Waals surface area contributed by atoms with Crippen LogP contribution >= 0.6 is 7.82 Å². The summed E-state index contributed by atoms with van der Waals surface area (Å²) >= 11 is 0. The first-order chi connectivity index (χ1) is 15.9. The van der Waals surface area contributed by atoms with Crippen molar-refractivity contribution in [3.05, 3.63) is 0 Å². The van der Waals surface area contributed by atoms with E-state index in [0.717, 1.165) is 19.3 Å². The van der Waals surface area contributed by atoms with Gasteiger partial charge in [-0.1, -0.05) is 84.0 Å². The number of phosphoric acid groups is 1. The van der Waals surface area contributed by atoms with Gasteiger partial charge in [0.2, 0.25) is 0 Å². The molecule has 2 unspecified atom stereocenters. The number of aliphatic hydroxyl groups excluding tert-OH is 1. The lowest BCUT2D eigenvalue weighted by atomic mass is 10.0. The first-order valence-electron chi connectivity index (χ1n) is 13.3. The van der Waals surface area contributed by atoms with Gasteiger partial charge in [0.15, 0.2) is 5.79 Å². The minimum Gasteiger partial charge on any atom is -0.388 e. The van der Waals surface area contributed by atoms with Gasteiger partial charge in [-0.2, -0.15) is 0 Å². The van der Waals surface area contributed by atoms with Gasteiger partial charge in [-0.05, 0) is 13.3 Å². The van der Waals surface area contributed by atoms with Crippen LogP contribution in [0.5, 0.6) is 0 Å². The zero-order valence-corrected chi connectivity index (χ0v) is 23.6. The smallest absolute Gasteiger partial charge is 0.388 e. The van der Waals surface area contributed by atoms with E-state index < -0.39 is 26.3 Å². The van der Waals surface area contributed by atoms with E-state index in [1.54, 1.807) is 6.92 Å². The Bertz CT molecular complexity index is 526. The molecule has 0 aliphatic heterocycles. The van der Waals surface area contributed by atoms with E-state index in [1.165, 1.54) is 64.2 Å². The number of aliphatic hydroxyl groups is 2. The third kappa shape index (κ3) is 23.7. The summed E-state index contributed by atoms with van der Waals surface area (Å²) in [5.41, 5.74) is 0. The molecule has 34 heavy (non-hydrogen) atoms. The van der Waals surface area contributed by atoms with Crippen molar-refractivity contribution in [1.29, 1.82) is 0 Å². The van der Waals surface area contributed by atoms with E-state index in [9.17, 15) is 19.7 Å². The molecule has 0 saturated heterocycles. The molecule has 8 nitrogen and oxygen atoms in total. The Kier molecular flexibility index (Phi) is 19.1. The number of rotatable bonds is 24. The molecule has 0 spiro atoms. The minimum atomic E-state index is -4.23. The average Bonchev–Trinajstić information content (AvgIpc) is 2.73. The van der Waals surface area contributed by atoms with Crippen LogP contribution in [0.2, 0.25) is 0 Å². The minimum absolute atomic E-state index is 0.0672. The highest BCUT2D eigenvalue weighted by molar-refractivity contribution is 7.47. The first-order valence-corrected chi connectivity index (χ1v) is 14.8. The Morgan fingerprint density at radius 3 is 1.76 bits per heavy atom. The van der Waals surface area contributed by atoms with Crippen molar-refractivity contribution in [3.8, 4) is 0 Å². The SMILES string of the molecule is CCCCCCCCCCCCCCCC(C)(O)OC[C@@H](O)COP(=O)(O)OCC[N+](C)(C)C. The molecule has 0 rings (SSSR count). The van der Waals surface area contributed by atoms with Gasteiger partial charge in [-0.15, -0.1) is 0 Å². The zero-order valence-electron chi connectivity index (χ0n) is 22.7. The molecule has 0 amide bonds. The van der Waals surface area contributed by atoms with Gasteiger partial charge in [0.25, 0.3) is 0 Å². The van der Waals surface area contributed by atoms with Gasteiger partial charge in [0.1, 0.15) is 19.3 Å². The van der Waals surface area contributed by atoms with Crippen LogP contribution in [-0.4, -0.2) is 79.0 Å². The Hall–Kier alpha value is -0.0500. The lowest BCUT2D eigenvalue weighted by Gasteiger charge is -2.26. The summed E-state index contributed by atoms with van der Waals surface area (Å²) in [4.78, 5) is 9.68. The first kappa shape index (κ1) is 34.0. The van der Waals surface area contributed by atoms with E-state index in [0.29, 0.717) is 17.4 Å². The average molecular weight is 513 g/mol. The summed E-state index contributed by atoms with van der Waals surface area (Å²) in [6.07, 6.45) is 15.7. The lowest BCUT2D eigenvalue weighted by molar-refractivity contribution is -0.870. The summed E-state index contributed by atoms with van der Waals surface area (Å²) in [6, 6.07) is 0. The van der Waals surface area contributed by atoms with Crippen LogP contribution in [0, 0.1) is 0 Å². The van der Waals surface area contributed by atoms with E-state index in [-0.39, 0.29) is 13.2 Å². The van der Waals surface area contributed by atoms with E-state index in [1.807, 2.05) is 21.1 Å². The highest BCUT2D eigenvalue weighted by Gasteiger charge is 2.26. The molecule has 0 aromatic rings. The summed E-state index contributed by atoms with van der Waals surface area (Å²) < 4.78 is 27.6. The van der Waals surface area contributed by atoms with Crippen LogP contribution in [0.25, 0.3) is 0 Å². The Labute approximate surface area is 209 Å². The fraction of sp³-hybridized carbons (Fsp3) is 1.00. The topological polar surface area (TPSA) is 105 Å².